The first-order valence-corrected chi connectivity index (χ1v) is 7.21. The van der Waals surface area contributed by atoms with Crippen LogP contribution in [0.4, 0.5) is 0 Å². The van der Waals surface area contributed by atoms with Gasteiger partial charge in [0.05, 0.1) is 39.6 Å². The molecule has 0 fully saturated rings. The van der Waals surface area contributed by atoms with Crippen LogP contribution in [0.1, 0.15) is 17.2 Å². The average molecular weight is 377 g/mol. The smallest absolute Gasteiger partial charge is 0.320 e. The fourth-order valence-electron chi connectivity index (χ4n) is 1.91. The summed E-state index contributed by atoms with van der Waals surface area (Å²) in [5.41, 5.74) is 0.128. The SMILES string of the molecule is COc1nc(Cl)c(C(O)c2c(Cl)nc(OC)nc2OC)c(OC)n1. The van der Waals surface area contributed by atoms with E-state index in [-0.39, 0.29) is 45.2 Å². The molecule has 2 aromatic rings. The molecule has 2 aromatic heterocycles. The number of aromatic nitrogens is 4. The van der Waals surface area contributed by atoms with Crippen LogP contribution in [0.2, 0.25) is 10.3 Å². The second-order valence-corrected chi connectivity index (χ2v) is 4.97. The molecule has 130 valence electrons. The number of hydrogen-bond acceptors (Lipinski definition) is 9. The van der Waals surface area contributed by atoms with E-state index >= 15 is 0 Å². The predicted molar refractivity (Wildman–Crippen MR) is 84.4 cm³/mol. The normalized spacial score (nSPS) is 10.7. The van der Waals surface area contributed by atoms with E-state index in [1.54, 1.807) is 0 Å². The fraction of sp³-hybridized carbons (Fsp3) is 0.385. The number of hydrogen-bond donors (Lipinski definition) is 1. The van der Waals surface area contributed by atoms with Crippen molar-refractivity contribution in [3.63, 3.8) is 0 Å². The molecule has 0 saturated heterocycles. The summed E-state index contributed by atoms with van der Waals surface area (Å²) in [5.74, 6) is 0.0153. The van der Waals surface area contributed by atoms with Crippen LogP contribution >= 0.6 is 23.2 Å². The van der Waals surface area contributed by atoms with Crippen molar-refractivity contribution in [2.45, 2.75) is 6.10 Å². The van der Waals surface area contributed by atoms with Gasteiger partial charge >= 0.3 is 12.0 Å². The standard InChI is InChI=1S/C13H14Cl2N4O5/c1-21-10-5(8(14)16-12(18-10)23-3)7(20)6-9(15)17-13(24-4)19-11(6)22-2/h7,20H,1-4H3. The van der Waals surface area contributed by atoms with Gasteiger partial charge in [0.1, 0.15) is 16.4 Å². The summed E-state index contributed by atoms with van der Waals surface area (Å²) >= 11 is 12.2. The van der Waals surface area contributed by atoms with Gasteiger partial charge in [0.15, 0.2) is 0 Å². The molecule has 0 saturated carbocycles. The zero-order chi connectivity index (χ0) is 17.9. The molecule has 0 unspecified atom stereocenters. The molecule has 0 radical (unpaired) electrons. The van der Waals surface area contributed by atoms with E-state index < -0.39 is 6.10 Å². The third-order valence-corrected chi connectivity index (χ3v) is 3.56. The number of ether oxygens (including phenoxy) is 4. The predicted octanol–water partition coefficient (Wildman–Crippen LogP) is 1.69. The number of halogens is 2. The Labute approximate surface area is 147 Å². The zero-order valence-electron chi connectivity index (χ0n) is 13.2. The van der Waals surface area contributed by atoms with Gasteiger partial charge < -0.3 is 24.1 Å². The Balaban J connectivity index is 2.63. The van der Waals surface area contributed by atoms with Crippen molar-refractivity contribution in [2.24, 2.45) is 0 Å². The number of nitrogens with zero attached hydrogens (tertiary/aromatic N) is 4. The lowest BCUT2D eigenvalue weighted by Gasteiger charge is -2.18. The Hall–Kier alpha value is -2.10. The molecule has 2 rings (SSSR count). The van der Waals surface area contributed by atoms with Gasteiger partial charge in [-0.3, -0.25) is 0 Å². The Morgan fingerprint density at radius 2 is 1.08 bits per heavy atom. The molecule has 0 atom stereocenters. The van der Waals surface area contributed by atoms with Crippen molar-refractivity contribution in [3.05, 3.63) is 21.4 Å². The number of aliphatic hydroxyl groups is 1. The third kappa shape index (κ3) is 3.37. The summed E-state index contributed by atoms with van der Waals surface area (Å²) in [6.45, 7) is 0. The highest BCUT2D eigenvalue weighted by molar-refractivity contribution is 6.31. The highest BCUT2D eigenvalue weighted by Crippen LogP contribution is 2.40. The van der Waals surface area contributed by atoms with Crippen LogP contribution in [-0.2, 0) is 0 Å². The second kappa shape index (κ2) is 7.65. The summed E-state index contributed by atoms with van der Waals surface area (Å²) < 4.78 is 20.1. The zero-order valence-corrected chi connectivity index (χ0v) is 14.7. The van der Waals surface area contributed by atoms with E-state index in [1.165, 1.54) is 28.4 Å². The van der Waals surface area contributed by atoms with Gasteiger partial charge in [-0.1, -0.05) is 23.2 Å². The molecule has 0 aromatic carbocycles. The summed E-state index contributed by atoms with van der Waals surface area (Å²) in [6, 6.07) is -0.0336. The van der Waals surface area contributed by atoms with Crippen LogP contribution < -0.4 is 18.9 Å². The number of aliphatic hydroxyl groups excluding tert-OH is 1. The maximum Gasteiger partial charge on any atom is 0.320 e. The summed E-state index contributed by atoms with van der Waals surface area (Å²) in [4.78, 5) is 15.8. The molecule has 1 N–H and O–H groups in total. The monoisotopic (exact) mass is 376 g/mol. The van der Waals surface area contributed by atoms with Crippen molar-refractivity contribution in [1.82, 2.24) is 19.9 Å². The number of rotatable bonds is 6. The second-order valence-electron chi connectivity index (χ2n) is 4.25. The van der Waals surface area contributed by atoms with Crippen molar-refractivity contribution < 1.29 is 24.1 Å². The lowest BCUT2D eigenvalue weighted by molar-refractivity contribution is 0.204. The van der Waals surface area contributed by atoms with Gasteiger partial charge in [-0.15, -0.1) is 0 Å². The Bertz CT molecular complexity index is 685. The quantitative estimate of drug-likeness (QED) is 0.752. The molecular weight excluding hydrogens is 363 g/mol. The first-order valence-electron chi connectivity index (χ1n) is 6.45. The lowest BCUT2D eigenvalue weighted by atomic mass is 10.1. The molecule has 0 aliphatic heterocycles. The molecule has 0 bridgehead atoms. The van der Waals surface area contributed by atoms with Crippen molar-refractivity contribution in [1.29, 1.82) is 0 Å². The molecule has 11 heteroatoms. The fourth-order valence-corrected chi connectivity index (χ4v) is 2.42. The van der Waals surface area contributed by atoms with Gasteiger partial charge in [-0.05, 0) is 0 Å². The Morgan fingerprint density at radius 3 is 1.38 bits per heavy atom. The Kier molecular flexibility index (Phi) is 5.81. The van der Waals surface area contributed by atoms with Crippen LogP contribution in [0.15, 0.2) is 0 Å². The highest BCUT2D eigenvalue weighted by Gasteiger charge is 2.29. The minimum absolute atomic E-state index is 0.00767. The maximum atomic E-state index is 10.7. The molecule has 0 amide bonds. The van der Waals surface area contributed by atoms with Gasteiger partial charge in [0, 0.05) is 0 Å². The van der Waals surface area contributed by atoms with Gasteiger partial charge in [-0.2, -0.15) is 19.9 Å². The molecule has 0 aliphatic rings. The van der Waals surface area contributed by atoms with Crippen LogP contribution in [0, 0.1) is 0 Å². The van der Waals surface area contributed by atoms with Crippen molar-refractivity contribution in [3.8, 4) is 23.8 Å². The van der Waals surface area contributed by atoms with Crippen LogP contribution in [0.25, 0.3) is 0 Å². The number of methoxy groups -OCH3 is 4. The summed E-state index contributed by atoms with van der Waals surface area (Å²) in [5, 5.41) is 10.6. The third-order valence-electron chi connectivity index (χ3n) is 2.99. The van der Waals surface area contributed by atoms with E-state index in [0.29, 0.717) is 0 Å². The molecular formula is C13H14Cl2N4O5. The minimum atomic E-state index is -1.41. The Morgan fingerprint density at radius 1 is 0.708 bits per heavy atom. The molecule has 24 heavy (non-hydrogen) atoms. The lowest BCUT2D eigenvalue weighted by Crippen LogP contribution is -2.11. The van der Waals surface area contributed by atoms with Crippen LogP contribution in [-0.4, -0.2) is 53.5 Å². The topological polar surface area (TPSA) is 109 Å². The van der Waals surface area contributed by atoms with E-state index in [1.807, 2.05) is 0 Å². The first-order chi connectivity index (χ1) is 11.5. The van der Waals surface area contributed by atoms with E-state index in [2.05, 4.69) is 19.9 Å². The molecule has 0 aliphatic carbocycles. The highest BCUT2D eigenvalue weighted by atomic mass is 35.5. The largest absolute Gasteiger partial charge is 0.481 e. The van der Waals surface area contributed by atoms with Crippen LogP contribution in [0.5, 0.6) is 23.8 Å². The van der Waals surface area contributed by atoms with Crippen molar-refractivity contribution in [2.75, 3.05) is 28.4 Å². The van der Waals surface area contributed by atoms with Crippen LogP contribution in [0.3, 0.4) is 0 Å². The average Bonchev–Trinajstić information content (AvgIpc) is 2.59. The summed E-state index contributed by atoms with van der Waals surface area (Å²) in [6.07, 6.45) is -1.41. The summed E-state index contributed by atoms with van der Waals surface area (Å²) in [7, 11) is 5.46. The molecule has 2 heterocycles. The van der Waals surface area contributed by atoms with Crippen molar-refractivity contribution >= 4 is 23.2 Å². The molecule has 0 spiro atoms. The van der Waals surface area contributed by atoms with Gasteiger partial charge in [0.25, 0.3) is 0 Å². The first kappa shape index (κ1) is 18.2. The minimum Gasteiger partial charge on any atom is -0.481 e. The maximum absolute atomic E-state index is 10.7. The molecule has 9 nitrogen and oxygen atoms in total. The van der Waals surface area contributed by atoms with E-state index in [4.69, 9.17) is 42.1 Å². The van der Waals surface area contributed by atoms with E-state index in [0.717, 1.165) is 0 Å². The van der Waals surface area contributed by atoms with Gasteiger partial charge in [0.2, 0.25) is 11.8 Å². The van der Waals surface area contributed by atoms with Gasteiger partial charge in [-0.25, -0.2) is 0 Å². The van der Waals surface area contributed by atoms with E-state index in [9.17, 15) is 5.11 Å².